The van der Waals surface area contributed by atoms with E-state index < -0.39 is 27.8 Å². The van der Waals surface area contributed by atoms with Crippen LogP contribution < -0.4 is 10.0 Å². The number of hydrogen-bond donors (Lipinski definition) is 3. The van der Waals surface area contributed by atoms with E-state index in [1.165, 1.54) is 0 Å². The minimum Gasteiger partial charge on any atom is -0.481 e. The molecule has 8 nitrogen and oxygen atoms in total. The zero-order valence-electron chi connectivity index (χ0n) is 12.9. The van der Waals surface area contributed by atoms with Gasteiger partial charge < -0.3 is 15.2 Å². The molecule has 0 heterocycles. The van der Waals surface area contributed by atoms with Crippen molar-refractivity contribution in [3.63, 3.8) is 0 Å². The number of rotatable bonds is 9. The zero-order chi connectivity index (χ0) is 16.8. The minimum absolute atomic E-state index is 0.0527. The van der Waals surface area contributed by atoms with Crippen molar-refractivity contribution in [3.05, 3.63) is 0 Å². The summed E-state index contributed by atoms with van der Waals surface area (Å²) in [5.74, 6) is -1.95. The van der Waals surface area contributed by atoms with Crippen molar-refractivity contribution in [2.75, 3.05) is 18.9 Å². The van der Waals surface area contributed by atoms with E-state index in [0.717, 1.165) is 0 Å². The van der Waals surface area contributed by atoms with Gasteiger partial charge in [-0.25, -0.2) is 13.1 Å². The number of carbonyl (C=O) groups excluding carboxylic acids is 1. The molecule has 0 radical (unpaired) electrons. The quantitative estimate of drug-likeness (QED) is 0.531. The summed E-state index contributed by atoms with van der Waals surface area (Å²) < 4.78 is 30.6. The topological polar surface area (TPSA) is 122 Å². The predicted octanol–water partition coefficient (Wildman–Crippen LogP) is -0.300. The van der Waals surface area contributed by atoms with Gasteiger partial charge in [0.25, 0.3) is 0 Å². The Kier molecular flexibility index (Phi) is 7.24. The van der Waals surface area contributed by atoms with Crippen LogP contribution in [-0.4, -0.2) is 56.5 Å². The molecule has 1 saturated carbocycles. The first-order valence-corrected chi connectivity index (χ1v) is 8.96. The van der Waals surface area contributed by atoms with Crippen LogP contribution in [0.15, 0.2) is 0 Å². The Morgan fingerprint density at radius 2 is 2.00 bits per heavy atom. The van der Waals surface area contributed by atoms with E-state index >= 15 is 0 Å². The van der Waals surface area contributed by atoms with Crippen molar-refractivity contribution in [2.24, 2.45) is 5.92 Å². The Morgan fingerprint density at radius 3 is 2.55 bits per heavy atom. The second-order valence-electron chi connectivity index (χ2n) is 5.67. The monoisotopic (exact) mass is 336 g/mol. The summed E-state index contributed by atoms with van der Waals surface area (Å²) in [6, 6.07) is -0.206. The van der Waals surface area contributed by atoms with Crippen LogP contribution in [0.4, 0.5) is 0 Å². The average molecular weight is 336 g/mol. The van der Waals surface area contributed by atoms with Gasteiger partial charge in [0.15, 0.2) is 0 Å². The third kappa shape index (κ3) is 7.19. The van der Waals surface area contributed by atoms with Crippen molar-refractivity contribution in [2.45, 2.75) is 45.3 Å². The maximum atomic E-state index is 11.7. The van der Waals surface area contributed by atoms with Crippen LogP contribution in [0.5, 0.6) is 0 Å². The molecule has 0 spiro atoms. The van der Waals surface area contributed by atoms with Crippen molar-refractivity contribution >= 4 is 21.9 Å². The van der Waals surface area contributed by atoms with E-state index in [1.54, 1.807) is 13.8 Å². The van der Waals surface area contributed by atoms with E-state index in [0.29, 0.717) is 19.3 Å². The fourth-order valence-electron chi connectivity index (χ4n) is 2.26. The molecule has 128 valence electrons. The Morgan fingerprint density at radius 1 is 1.32 bits per heavy atom. The molecule has 1 aliphatic carbocycles. The van der Waals surface area contributed by atoms with Gasteiger partial charge in [0.2, 0.25) is 15.9 Å². The summed E-state index contributed by atoms with van der Waals surface area (Å²) in [4.78, 5) is 22.5. The highest BCUT2D eigenvalue weighted by atomic mass is 32.2. The van der Waals surface area contributed by atoms with Crippen LogP contribution >= 0.6 is 0 Å². The number of ether oxygens (including phenoxy) is 1. The summed E-state index contributed by atoms with van der Waals surface area (Å²) in [6.07, 6.45) is 1.45. The third-order valence-corrected chi connectivity index (χ3v) is 4.69. The number of carbonyl (C=O) groups is 2. The molecule has 1 fully saturated rings. The van der Waals surface area contributed by atoms with Gasteiger partial charge in [0, 0.05) is 6.04 Å². The lowest BCUT2D eigenvalue weighted by molar-refractivity contribution is -0.141. The summed E-state index contributed by atoms with van der Waals surface area (Å²) in [6.45, 7) is 3.33. The number of hydrogen-bond acceptors (Lipinski definition) is 5. The van der Waals surface area contributed by atoms with Crippen molar-refractivity contribution in [3.8, 4) is 0 Å². The van der Waals surface area contributed by atoms with Crippen LogP contribution in [-0.2, 0) is 24.3 Å². The number of nitrogens with one attached hydrogen (secondary N) is 2. The second kappa shape index (κ2) is 8.44. The Bertz CT molecular complexity index is 491. The van der Waals surface area contributed by atoms with E-state index in [4.69, 9.17) is 9.84 Å². The van der Waals surface area contributed by atoms with E-state index in [9.17, 15) is 18.0 Å². The number of carboxylic acid groups (broad SMARTS) is 1. The van der Waals surface area contributed by atoms with Gasteiger partial charge in [-0.15, -0.1) is 0 Å². The van der Waals surface area contributed by atoms with Crippen LogP contribution in [0.2, 0.25) is 0 Å². The fraction of sp³-hybridized carbons (Fsp3) is 0.846. The molecular formula is C13H24N2O6S. The van der Waals surface area contributed by atoms with Crippen LogP contribution in [0, 0.1) is 5.92 Å². The first-order chi connectivity index (χ1) is 10.2. The minimum atomic E-state index is -3.56. The molecule has 0 aromatic rings. The number of aliphatic carboxylic acids is 1. The number of amides is 1. The number of sulfonamides is 1. The SMILES string of the molecule is CC(C)OCCS(=O)(=O)NCC(=O)N[C@H]1CC[C@@H](C(=O)O)C1. The molecule has 1 aliphatic rings. The highest BCUT2D eigenvalue weighted by Gasteiger charge is 2.30. The van der Waals surface area contributed by atoms with E-state index in [2.05, 4.69) is 10.0 Å². The Labute approximate surface area is 130 Å². The second-order valence-corrected chi connectivity index (χ2v) is 7.60. The van der Waals surface area contributed by atoms with Crippen molar-refractivity contribution in [1.82, 2.24) is 10.0 Å². The highest BCUT2D eigenvalue weighted by Crippen LogP contribution is 2.25. The Hall–Kier alpha value is -1.19. The average Bonchev–Trinajstić information content (AvgIpc) is 2.84. The Balaban J connectivity index is 2.26. The summed E-state index contributed by atoms with van der Waals surface area (Å²) in [5.41, 5.74) is 0. The lowest BCUT2D eigenvalue weighted by Gasteiger charge is -2.13. The van der Waals surface area contributed by atoms with Gasteiger partial charge in [-0.2, -0.15) is 0 Å². The van der Waals surface area contributed by atoms with Gasteiger partial charge in [-0.05, 0) is 33.1 Å². The van der Waals surface area contributed by atoms with E-state index in [-0.39, 0.29) is 31.1 Å². The maximum absolute atomic E-state index is 11.7. The molecule has 0 aromatic heterocycles. The first-order valence-electron chi connectivity index (χ1n) is 7.30. The summed E-state index contributed by atoms with van der Waals surface area (Å²) in [5, 5.41) is 11.5. The lowest BCUT2D eigenvalue weighted by atomic mass is 10.1. The molecule has 0 unspecified atom stereocenters. The van der Waals surface area contributed by atoms with Gasteiger partial charge in [-0.3, -0.25) is 9.59 Å². The van der Waals surface area contributed by atoms with Crippen molar-refractivity contribution in [1.29, 1.82) is 0 Å². The molecule has 22 heavy (non-hydrogen) atoms. The molecule has 0 aromatic carbocycles. The summed E-state index contributed by atoms with van der Waals surface area (Å²) >= 11 is 0. The van der Waals surface area contributed by atoms with E-state index in [1.807, 2.05) is 0 Å². The maximum Gasteiger partial charge on any atom is 0.306 e. The van der Waals surface area contributed by atoms with Gasteiger partial charge in [0.1, 0.15) is 0 Å². The molecule has 3 N–H and O–H groups in total. The van der Waals surface area contributed by atoms with Crippen LogP contribution in [0.1, 0.15) is 33.1 Å². The van der Waals surface area contributed by atoms with Crippen LogP contribution in [0.25, 0.3) is 0 Å². The molecular weight excluding hydrogens is 312 g/mol. The molecule has 0 bridgehead atoms. The largest absolute Gasteiger partial charge is 0.481 e. The molecule has 0 saturated heterocycles. The predicted molar refractivity (Wildman–Crippen MR) is 79.8 cm³/mol. The first kappa shape index (κ1) is 18.9. The highest BCUT2D eigenvalue weighted by molar-refractivity contribution is 7.89. The lowest BCUT2D eigenvalue weighted by Crippen LogP contribution is -2.42. The smallest absolute Gasteiger partial charge is 0.306 e. The van der Waals surface area contributed by atoms with Gasteiger partial charge in [-0.1, -0.05) is 0 Å². The van der Waals surface area contributed by atoms with Gasteiger partial charge in [0.05, 0.1) is 30.9 Å². The molecule has 2 atom stereocenters. The molecule has 1 rings (SSSR count). The molecule has 1 amide bonds. The molecule has 9 heteroatoms. The normalized spacial score (nSPS) is 22.0. The standard InChI is InChI=1S/C13H24N2O6S/c1-9(2)21-5-6-22(19,20)14-8-12(16)15-11-4-3-10(7-11)13(17)18/h9-11,14H,3-8H2,1-2H3,(H,15,16)(H,17,18)/t10-,11+/m1/s1. The van der Waals surface area contributed by atoms with Crippen molar-refractivity contribution < 1.29 is 27.9 Å². The number of carboxylic acids is 1. The van der Waals surface area contributed by atoms with Gasteiger partial charge >= 0.3 is 5.97 Å². The summed E-state index contributed by atoms with van der Waals surface area (Å²) in [7, 11) is -3.56. The third-order valence-electron chi connectivity index (χ3n) is 3.40. The fourth-order valence-corrected chi connectivity index (χ4v) is 3.07. The zero-order valence-corrected chi connectivity index (χ0v) is 13.7. The van der Waals surface area contributed by atoms with Crippen LogP contribution in [0.3, 0.4) is 0 Å². The molecule has 0 aliphatic heterocycles.